The molecule has 1 aliphatic heterocycles. The molecule has 44 heavy (non-hydrogen) atoms. The van der Waals surface area contributed by atoms with Crippen LogP contribution < -0.4 is 21.3 Å². The summed E-state index contributed by atoms with van der Waals surface area (Å²) in [6.45, 7) is 9.13. The summed E-state index contributed by atoms with van der Waals surface area (Å²) in [7, 11) is -1.40. The van der Waals surface area contributed by atoms with Gasteiger partial charge in [-0.05, 0) is 38.1 Å². The number of ketones is 1. The number of halogens is 3. The molecular formula is C28H40F3N7O5Si. The first kappa shape index (κ1) is 33.5. The van der Waals surface area contributed by atoms with E-state index in [1.54, 1.807) is 13.1 Å². The van der Waals surface area contributed by atoms with Gasteiger partial charge >= 0.3 is 6.18 Å². The molecule has 0 spiro atoms. The molecule has 1 aliphatic carbocycles. The Kier molecular flexibility index (Phi) is 10.8. The van der Waals surface area contributed by atoms with Crippen LogP contribution >= 0.6 is 0 Å². The van der Waals surface area contributed by atoms with Gasteiger partial charge in [0.25, 0.3) is 5.56 Å². The molecule has 0 aromatic carbocycles. The maximum absolute atomic E-state index is 13.8. The Morgan fingerprint density at radius 2 is 1.89 bits per heavy atom. The lowest BCUT2D eigenvalue weighted by Crippen LogP contribution is -2.38. The fourth-order valence-corrected chi connectivity index (χ4v) is 5.79. The second kappa shape index (κ2) is 14.2. The Morgan fingerprint density at radius 3 is 2.57 bits per heavy atom. The lowest BCUT2D eigenvalue weighted by molar-refractivity contribution is -0.138. The van der Waals surface area contributed by atoms with Crippen molar-refractivity contribution in [3.8, 4) is 0 Å². The van der Waals surface area contributed by atoms with Gasteiger partial charge in [-0.1, -0.05) is 19.6 Å². The third-order valence-electron chi connectivity index (χ3n) is 7.57. The first-order valence-corrected chi connectivity index (χ1v) is 18.5. The van der Waals surface area contributed by atoms with Gasteiger partial charge in [0.15, 0.2) is 5.78 Å². The lowest BCUT2D eigenvalue weighted by atomic mass is 9.93. The molecule has 0 bridgehead atoms. The van der Waals surface area contributed by atoms with Crippen molar-refractivity contribution in [2.45, 2.75) is 83.7 Å². The van der Waals surface area contributed by atoms with Crippen LogP contribution in [-0.2, 0) is 33.7 Å². The van der Waals surface area contributed by atoms with E-state index < -0.39 is 37.1 Å². The van der Waals surface area contributed by atoms with Gasteiger partial charge in [0, 0.05) is 52.9 Å². The van der Waals surface area contributed by atoms with Crippen molar-refractivity contribution in [3.05, 3.63) is 39.6 Å². The average Bonchev–Trinajstić information content (AvgIpc) is 3.31. The number of piperidine rings is 1. The van der Waals surface area contributed by atoms with E-state index in [2.05, 4.69) is 45.5 Å². The molecule has 4 rings (SSSR count). The number of fused-ring (bicyclic) bond motifs is 1. The van der Waals surface area contributed by atoms with E-state index in [1.165, 1.54) is 0 Å². The molecule has 16 heteroatoms. The van der Waals surface area contributed by atoms with Crippen LogP contribution in [0.25, 0.3) is 0 Å². The minimum absolute atomic E-state index is 0.0745. The van der Waals surface area contributed by atoms with Crippen molar-refractivity contribution in [2.24, 2.45) is 5.92 Å². The summed E-state index contributed by atoms with van der Waals surface area (Å²) in [4.78, 5) is 53.1. The first-order chi connectivity index (χ1) is 20.7. The number of carbonyl (C=O) groups excluding carboxylic acids is 2. The summed E-state index contributed by atoms with van der Waals surface area (Å²) in [5.74, 6) is 0.453. The van der Waals surface area contributed by atoms with Crippen LogP contribution in [0.5, 0.6) is 0 Å². The lowest BCUT2D eigenvalue weighted by Gasteiger charge is -2.31. The number of rotatable bonds is 13. The second-order valence-corrected chi connectivity index (χ2v) is 18.2. The average molecular weight is 640 g/mol. The number of hydrogen-bond donors (Lipinski definition) is 2. The Bertz CT molecular complexity index is 1390. The molecule has 3 heterocycles. The fraction of sp³-hybridized carbons (Fsp3) is 0.643. The maximum Gasteiger partial charge on any atom is 0.423 e. The molecule has 2 aromatic heterocycles. The van der Waals surface area contributed by atoms with Crippen LogP contribution in [0.4, 0.5) is 24.8 Å². The predicted molar refractivity (Wildman–Crippen MR) is 159 cm³/mol. The maximum atomic E-state index is 13.8. The van der Waals surface area contributed by atoms with Crippen LogP contribution in [0.1, 0.15) is 54.2 Å². The molecule has 0 saturated carbocycles. The third kappa shape index (κ3) is 9.08. The highest BCUT2D eigenvalue weighted by molar-refractivity contribution is 6.76. The summed E-state index contributed by atoms with van der Waals surface area (Å²) < 4.78 is 47.5. The van der Waals surface area contributed by atoms with Crippen molar-refractivity contribution < 1.29 is 32.3 Å². The van der Waals surface area contributed by atoms with Gasteiger partial charge in [-0.2, -0.15) is 18.3 Å². The largest absolute Gasteiger partial charge is 0.423 e. The number of hydrogen-bond acceptors (Lipinski definition) is 10. The molecule has 1 unspecified atom stereocenters. The van der Waals surface area contributed by atoms with E-state index >= 15 is 0 Å². The van der Waals surface area contributed by atoms with E-state index in [1.807, 2.05) is 4.90 Å². The Morgan fingerprint density at radius 1 is 1.16 bits per heavy atom. The summed E-state index contributed by atoms with van der Waals surface area (Å²) in [5, 5.41) is 6.47. The van der Waals surface area contributed by atoms with Crippen LogP contribution in [0.15, 0.2) is 17.2 Å². The molecule has 1 fully saturated rings. The second-order valence-electron chi connectivity index (χ2n) is 12.6. The monoisotopic (exact) mass is 639 g/mol. The molecule has 2 aliphatic rings. The van der Waals surface area contributed by atoms with Gasteiger partial charge in [-0.25, -0.2) is 20.1 Å². The minimum Gasteiger partial charge on any atom is -0.378 e. The minimum atomic E-state index is -4.92. The Hall–Kier alpha value is -3.37. The summed E-state index contributed by atoms with van der Waals surface area (Å²) in [6, 6.07) is 0.115. The van der Waals surface area contributed by atoms with Crippen molar-refractivity contribution >= 4 is 31.4 Å². The van der Waals surface area contributed by atoms with Gasteiger partial charge in [0.1, 0.15) is 12.3 Å². The zero-order valence-electron chi connectivity index (χ0n) is 25.5. The SMILES string of the molecule is CC(CONC(=O)CC1CCN(c2ncc3c(n2)CCC3=O)CC1)Nc1cnn(COCC[Si](C)(C)C)c(=O)c1C(F)(F)F. The molecule has 1 saturated heterocycles. The van der Waals surface area contributed by atoms with Gasteiger partial charge < -0.3 is 15.0 Å². The molecule has 2 N–H and O–H groups in total. The first-order valence-electron chi connectivity index (χ1n) is 14.8. The predicted octanol–water partition coefficient (Wildman–Crippen LogP) is 3.65. The molecule has 242 valence electrons. The van der Waals surface area contributed by atoms with Crippen LogP contribution in [-0.4, -0.2) is 71.9 Å². The quantitative estimate of drug-likeness (QED) is 0.190. The third-order valence-corrected chi connectivity index (χ3v) is 9.28. The van der Waals surface area contributed by atoms with Crippen molar-refractivity contribution in [2.75, 3.05) is 36.5 Å². The Labute approximate surface area is 254 Å². The van der Waals surface area contributed by atoms with Crippen LogP contribution in [0.2, 0.25) is 25.7 Å². The normalized spacial score (nSPS) is 16.6. The number of aryl methyl sites for hydroxylation is 1. The van der Waals surface area contributed by atoms with E-state index in [4.69, 9.17) is 9.57 Å². The number of anilines is 2. The van der Waals surface area contributed by atoms with Gasteiger partial charge in [0.05, 0.1) is 29.7 Å². The standard InChI is InChI=1S/C28H40F3N7O5Si/c1-18(34-22-15-33-38(17-42-11-12-44(2,3)4)26(41)25(22)28(29,30)31)16-43-36-24(40)13-19-7-9-37(10-8-19)27-32-14-20-21(35-27)5-6-23(20)39/h14-15,18-19,34H,5-13,16-17H2,1-4H3,(H,36,40). The highest BCUT2D eigenvalue weighted by Crippen LogP contribution is 2.32. The zero-order valence-corrected chi connectivity index (χ0v) is 26.5. The van der Waals surface area contributed by atoms with Crippen molar-refractivity contribution in [3.63, 3.8) is 0 Å². The number of nitrogens with zero attached hydrogens (tertiary/aromatic N) is 5. The van der Waals surface area contributed by atoms with Crippen molar-refractivity contribution in [1.82, 2.24) is 25.2 Å². The topological polar surface area (TPSA) is 141 Å². The number of alkyl halides is 3. The Balaban J connectivity index is 1.21. The molecule has 0 radical (unpaired) electrons. The number of amides is 1. The van der Waals surface area contributed by atoms with E-state index in [-0.39, 0.29) is 37.4 Å². The number of hydroxylamine groups is 1. The highest BCUT2D eigenvalue weighted by atomic mass is 28.3. The smallest absolute Gasteiger partial charge is 0.378 e. The van der Waals surface area contributed by atoms with Gasteiger partial charge in [0.2, 0.25) is 11.9 Å². The number of ether oxygens (including phenoxy) is 1. The molecular weight excluding hydrogens is 599 g/mol. The highest BCUT2D eigenvalue weighted by Gasteiger charge is 2.38. The number of carbonyl (C=O) groups is 2. The van der Waals surface area contributed by atoms with E-state index in [9.17, 15) is 27.6 Å². The molecule has 2 aromatic rings. The van der Waals surface area contributed by atoms with E-state index in [0.29, 0.717) is 48.7 Å². The summed E-state index contributed by atoms with van der Waals surface area (Å²) in [6.07, 6.45) is 0.443. The molecule has 1 amide bonds. The summed E-state index contributed by atoms with van der Waals surface area (Å²) in [5.41, 5.74) is 0.592. The number of aromatic nitrogens is 4. The van der Waals surface area contributed by atoms with Gasteiger partial charge in [-0.3, -0.25) is 19.2 Å². The number of Topliss-reactive ketones (excluding diaryl/α,β-unsaturated/α-hetero) is 1. The summed E-state index contributed by atoms with van der Waals surface area (Å²) >= 11 is 0. The fourth-order valence-electron chi connectivity index (χ4n) is 5.04. The van der Waals surface area contributed by atoms with Gasteiger partial charge in [-0.15, -0.1) is 0 Å². The number of nitrogens with one attached hydrogen (secondary N) is 2. The molecule has 12 nitrogen and oxygen atoms in total. The zero-order chi connectivity index (χ0) is 32.1. The molecule has 1 atom stereocenters. The van der Waals surface area contributed by atoms with Crippen LogP contribution in [0.3, 0.4) is 0 Å². The van der Waals surface area contributed by atoms with Crippen LogP contribution in [0, 0.1) is 5.92 Å². The van der Waals surface area contributed by atoms with Crippen molar-refractivity contribution in [1.29, 1.82) is 0 Å². The van der Waals surface area contributed by atoms with E-state index in [0.717, 1.165) is 30.8 Å².